The quantitative estimate of drug-likeness (QED) is 0.470. The first kappa shape index (κ1) is 19.0. The van der Waals surface area contributed by atoms with Crippen LogP contribution in [-0.2, 0) is 14.6 Å². The van der Waals surface area contributed by atoms with Crippen molar-refractivity contribution in [1.29, 1.82) is 0 Å². The molecule has 0 saturated carbocycles. The molecule has 126 valence electrons. The van der Waals surface area contributed by atoms with Crippen LogP contribution in [0, 0.1) is 0 Å². The average molecular weight is 319 g/mol. The van der Waals surface area contributed by atoms with Crippen LogP contribution in [0.5, 0.6) is 0 Å². The van der Waals surface area contributed by atoms with Gasteiger partial charge in [0.2, 0.25) is 0 Å². The average Bonchev–Trinajstić information content (AvgIpc) is 2.79. The highest BCUT2D eigenvalue weighted by Gasteiger charge is 2.28. The van der Waals surface area contributed by atoms with E-state index in [4.69, 9.17) is 4.74 Å². The van der Waals surface area contributed by atoms with Gasteiger partial charge >= 0.3 is 0 Å². The second kappa shape index (κ2) is 11.5. The van der Waals surface area contributed by atoms with Crippen molar-refractivity contribution in [2.45, 2.75) is 90.1 Å². The lowest BCUT2D eigenvalue weighted by atomic mass is 10.1. The Morgan fingerprint density at radius 1 is 0.857 bits per heavy atom. The Balaban J connectivity index is 1.77. The highest BCUT2D eigenvalue weighted by molar-refractivity contribution is 7.91. The molecule has 0 amide bonds. The number of rotatable bonds is 13. The summed E-state index contributed by atoms with van der Waals surface area (Å²) >= 11 is 0. The van der Waals surface area contributed by atoms with Crippen LogP contribution in [0.2, 0.25) is 0 Å². The van der Waals surface area contributed by atoms with E-state index >= 15 is 0 Å². The van der Waals surface area contributed by atoms with Crippen LogP contribution < -0.4 is 0 Å². The molecule has 1 rings (SSSR count). The summed E-state index contributed by atoms with van der Waals surface area (Å²) in [5, 5.41) is 0. The van der Waals surface area contributed by atoms with Crippen molar-refractivity contribution < 1.29 is 13.2 Å². The van der Waals surface area contributed by atoms with Gasteiger partial charge in [-0.25, -0.2) is 8.42 Å². The van der Waals surface area contributed by atoms with E-state index in [0.29, 0.717) is 12.2 Å². The maximum absolute atomic E-state index is 11.3. The molecule has 1 aliphatic heterocycles. The van der Waals surface area contributed by atoms with Crippen LogP contribution in [-0.4, -0.2) is 32.6 Å². The SMILES string of the molecule is CCCCCCCCCCCCCO[C@@H]1CCS(=O)(=O)C1. The topological polar surface area (TPSA) is 43.4 Å². The normalized spacial score (nSPS) is 20.9. The van der Waals surface area contributed by atoms with Gasteiger partial charge in [-0.15, -0.1) is 0 Å². The van der Waals surface area contributed by atoms with Gasteiger partial charge in [-0.05, 0) is 12.8 Å². The van der Waals surface area contributed by atoms with Crippen LogP contribution in [0.4, 0.5) is 0 Å². The van der Waals surface area contributed by atoms with Gasteiger partial charge < -0.3 is 4.74 Å². The zero-order chi connectivity index (χ0) is 15.4. The second-order valence-electron chi connectivity index (χ2n) is 6.43. The van der Waals surface area contributed by atoms with E-state index in [-0.39, 0.29) is 11.9 Å². The summed E-state index contributed by atoms with van der Waals surface area (Å²) in [6, 6.07) is 0. The van der Waals surface area contributed by atoms with Gasteiger partial charge in [0, 0.05) is 6.61 Å². The fourth-order valence-corrected chi connectivity index (χ4v) is 4.53. The summed E-state index contributed by atoms with van der Waals surface area (Å²) in [6.45, 7) is 2.99. The molecule has 0 aromatic carbocycles. The lowest BCUT2D eigenvalue weighted by molar-refractivity contribution is 0.0680. The molecule has 21 heavy (non-hydrogen) atoms. The molecule has 4 heteroatoms. The third kappa shape index (κ3) is 10.3. The molecule has 0 aromatic heterocycles. The van der Waals surface area contributed by atoms with Gasteiger partial charge in [0.15, 0.2) is 9.84 Å². The van der Waals surface area contributed by atoms with Gasteiger partial charge in [0.25, 0.3) is 0 Å². The highest BCUT2D eigenvalue weighted by atomic mass is 32.2. The summed E-state index contributed by atoms with van der Waals surface area (Å²) in [5.74, 6) is 0.557. The van der Waals surface area contributed by atoms with Crippen LogP contribution >= 0.6 is 0 Å². The maximum Gasteiger partial charge on any atom is 0.152 e. The Bertz CT molecular complexity index is 338. The predicted molar refractivity (Wildman–Crippen MR) is 89.5 cm³/mol. The monoisotopic (exact) mass is 318 g/mol. The van der Waals surface area contributed by atoms with E-state index in [1.807, 2.05) is 0 Å². The predicted octanol–water partition coefficient (Wildman–Crippen LogP) is 4.50. The molecule has 0 aliphatic carbocycles. The van der Waals surface area contributed by atoms with Gasteiger partial charge in [-0.3, -0.25) is 0 Å². The molecule has 0 radical (unpaired) electrons. The molecule has 3 nitrogen and oxygen atoms in total. The molecule has 0 bridgehead atoms. The van der Waals surface area contributed by atoms with Gasteiger partial charge in [0.1, 0.15) is 0 Å². The van der Waals surface area contributed by atoms with Crippen LogP contribution in [0.1, 0.15) is 84.0 Å². The molecule has 0 N–H and O–H groups in total. The lowest BCUT2D eigenvalue weighted by Gasteiger charge is -2.09. The van der Waals surface area contributed by atoms with Crippen molar-refractivity contribution in [1.82, 2.24) is 0 Å². The number of unbranched alkanes of at least 4 members (excludes halogenated alkanes) is 10. The third-order valence-corrected chi connectivity index (χ3v) is 6.03. The van der Waals surface area contributed by atoms with Crippen molar-refractivity contribution in [3.05, 3.63) is 0 Å². The third-order valence-electron chi connectivity index (χ3n) is 4.29. The van der Waals surface area contributed by atoms with E-state index in [1.165, 1.54) is 64.2 Å². The number of sulfone groups is 1. The fraction of sp³-hybridized carbons (Fsp3) is 1.00. The second-order valence-corrected chi connectivity index (χ2v) is 8.66. The molecule has 1 heterocycles. The van der Waals surface area contributed by atoms with Crippen molar-refractivity contribution in [2.24, 2.45) is 0 Å². The summed E-state index contributed by atoms with van der Waals surface area (Å²) in [4.78, 5) is 0. The molecule has 0 spiro atoms. The molecular formula is C17H34O3S. The Morgan fingerprint density at radius 2 is 1.38 bits per heavy atom. The summed E-state index contributed by atoms with van der Waals surface area (Å²) in [6.07, 6.45) is 15.3. The summed E-state index contributed by atoms with van der Waals surface area (Å²) < 4.78 is 28.2. The maximum atomic E-state index is 11.3. The van der Waals surface area contributed by atoms with Crippen LogP contribution in [0.3, 0.4) is 0 Å². The molecule has 1 saturated heterocycles. The first-order chi connectivity index (χ1) is 10.1. The zero-order valence-corrected chi connectivity index (χ0v) is 14.6. The molecule has 1 fully saturated rings. The minimum absolute atomic E-state index is 0.0295. The molecule has 0 aromatic rings. The van der Waals surface area contributed by atoms with E-state index in [2.05, 4.69) is 6.92 Å². The Kier molecular flexibility index (Phi) is 10.4. The van der Waals surface area contributed by atoms with Crippen molar-refractivity contribution in [3.8, 4) is 0 Å². The summed E-state index contributed by atoms with van der Waals surface area (Å²) in [7, 11) is -2.79. The molecule has 0 unspecified atom stereocenters. The van der Waals surface area contributed by atoms with Gasteiger partial charge in [-0.1, -0.05) is 71.1 Å². The number of ether oxygens (including phenoxy) is 1. The standard InChI is InChI=1S/C17H34O3S/c1-2-3-4-5-6-7-8-9-10-11-12-14-20-17-13-15-21(18,19)16-17/h17H,2-16H2,1H3/t17-/m1/s1. The fourth-order valence-electron chi connectivity index (χ4n) is 2.91. The smallest absolute Gasteiger partial charge is 0.152 e. The van der Waals surface area contributed by atoms with Crippen molar-refractivity contribution in [3.63, 3.8) is 0 Å². The van der Waals surface area contributed by atoms with E-state index < -0.39 is 9.84 Å². The van der Waals surface area contributed by atoms with Gasteiger partial charge in [0.05, 0.1) is 17.6 Å². The Labute approximate surface area is 131 Å². The lowest BCUT2D eigenvalue weighted by Crippen LogP contribution is -2.15. The minimum atomic E-state index is -2.79. The van der Waals surface area contributed by atoms with Crippen molar-refractivity contribution in [2.75, 3.05) is 18.1 Å². The molecule has 1 aliphatic rings. The van der Waals surface area contributed by atoms with E-state index in [0.717, 1.165) is 13.0 Å². The van der Waals surface area contributed by atoms with E-state index in [1.54, 1.807) is 0 Å². The van der Waals surface area contributed by atoms with Crippen molar-refractivity contribution >= 4 is 9.84 Å². The summed E-state index contributed by atoms with van der Waals surface area (Å²) in [5.41, 5.74) is 0. The molecule has 1 atom stereocenters. The van der Waals surface area contributed by atoms with E-state index in [9.17, 15) is 8.42 Å². The van der Waals surface area contributed by atoms with Crippen LogP contribution in [0.15, 0.2) is 0 Å². The number of hydrogen-bond acceptors (Lipinski definition) is 3. The minimum Gasteiger partial charge on any atom is -0.377 e. The highest BCUT2D eigenvalue weighted by Crippen LogP contribution is 2.16. The Morgan fingerprint density at radius 3 is 1.86 bits per heavy atom. The molecular weight excluding hydrogens is 284 g/mol. The van der Waals surface area contributed by atoms with Gasteiger partial charge in [-0.2, -0.15) is 0 Å². The van der Waals surface area contributed by atoms with Crippen LogP contribution in [0.25, 0.3) is 0 Å². The zero-order valence-electron chi connectivity index (χ0n) is 13.8. The first-order valence-corrected chi connectivity index (χ1v) is 10.8. The Hall–Kier alpha value is -0.0900. The number of hydrogen-bond donors (Lipinski definition) is 0. The first-order valence-electron chi connectivity index (χ1n) is 8.96. The largest absolute Gasteiger partial charge is 0.377 e.